The second-order valence-corrected chi connectivity index (χ2v) is 3.42. The molecule has 1 fully saturated rings. The van der Waals surface area contributed by atoms with Gasteiger partial charge >= 0.3 is 0 Å². The summed E-state index contributed by atoms with van der Waals surface area (Å²) >= 11 is 0. The average molecular weight is 201 g/mol. The number of nitrogens with zero attached hydrogens (tertiary/aromatic N) is 1. The Labute approximate surface area is 84.6 Å². The van der Waals surface area contributed by atoms with E-state index in [9.17, 15) is 4.79 Å². The molecule has 1 unspecified atom stereocenters. The van der Waals surface area contributed by atoms with Gasteiger partial charge in [-0.05, 0) is 0 Å². The highest BCUT2D eigenvalue weighted by Crippen LogP contribution is 2.05. The summed E-state index contributed by atoms with van der Waals surface area (Å²) in [6, 6.07) is 0.272. The van der Waals surface area contributed by atoms with E-state index in [2.05, 4.69) is 10.2 Å². The Morgan fingerprint density at radius 2 is 2.50 bits per heavy atom. The first-order valence-corrected chi connectivity index (χ1v) is 5.00. The van der Waals surface area contributed by atoms with Crippen LogP contribution in [0, 0.1) is 0 Å². The Morgan fingerprint density at radius 1 is 1.71 bits per heavy atom. The number of ether oxygens (including phenoxy) is 1. The molecule has 0 saturated carbocycles. The third-order valence-electron chi connectivity index (χ3n) is 2.53. The number of nitrogens with one attached hydrogen (secondary N) is 1. The summed E-state index contributed by atoms with van der Waals surface area (Å²) in [5.74, 6) is 0.0762. The van der Waals surface area contributed by atoms with Crippen molar-refractivity contribution in [3.05, 3.63) is 0 Å². The number of nitrogens with two attached hydrogens (primary N) is 1. The van der Waals surface area contributed by atoms with E-state index in [0.717, 1.165) is 19.7 Å². The molecule has 0 radical (unpaired) electrons. The number of hydrogen-bond donors (Lipinski definition) is 2. The van der Waals surface area contributed by atoms with Gasteiger partial charge in [0.2, 0.25) is 5.91 Å². The SMILES string of the molecule is CNC(=O)CCN1CCOCC1CN. The van der Waals surface area contributed by atoms with Crippen molar-refractivity contribution in [1.29, 1.82) is 0 Å². The van der Waals surface area contributed by atoms with Gasteiger partial charge in [0.05, 0.1) is 13.2 Å². The first-order valence-electron chi connectivity index (χ1n) is 5.00. The highest BCUT2D eigenvalue weighted by molar-refractivity contribution is 5.75. The summed E-state index contributed by atoms with van der Waals surface area (Å²) in [7, 11) is 1.65. The van der Waals surface area contributed by atoms with Crippen molar-refractivity contribution in [3.8, 4) is 0 Å². The number of carbonyl (C=O) groups is 1. The van der Waals surface area contributed by atoms with Gasteiger partial charge in [-0.2, -0.15) is 0 Å². The van der Waals surface area contributed by atoms with E-state index in [4.69, 9.17) is 10.5 Å². The number of rotatable bonds is 4. The maximum Gasteiger partial charge on any atom is 0.221 e. The molecule has 0 aromatic carbocycles. The molecule has 1 rings (SSSR count). The van der Waals surface area contributed by atoms with Crippen molar-refractivity contribution in [2.75, 3.05) is 39.9 Å². The van der Waals surface area contributed by atoms with Crippen molar-refractivity contribution in [2.45, 2.75) is 12.5 Å². The van der Waals surface area contributed by atoms with Crippen molar-refractivity contribution < 1.29 is 9.53 Å². The van der Waals surface area contributed by atoms with Crippen LogP contribution < -0.4 is 11.1 Å². The van der Waals surface area contributed by atoms with E-state index in [-0.39, 0.29) is 11.9 Å². The van der Waals surface area contributed by atoms with E-state index >= 15 is 0 Å². The van der Waals surface area contributed by atoms with E-state index in [1.54, 1.807) is 7.05 Å². The minimum absolute atomic E-state index is 0.0762. The Hall–Kier alpha value is -0.650. The van der Waals surface area contributed by atoms with Gasteiger partial charge in [-0.3, -0.25) is 9.69 Å². The van der Waals surface area contributed by atoms with Crippen LogP contribution in [0.15, 0.2) is 0 Å². The molecule has 5 nitrogen and oxygen atoms in total. The second-order valence-electron chi connectivity index (χ2n) is 3.42. The predicted octanol–water partition coefficient (Wildman–Crippen LogP) is -1.22. The zero-order valence-corrected chi connectivity index (χ0v) is 8.66. The number of hydrogen-bond acceptors (Lipinski definition) is 4. The van der Waals surface area contributed by atoms with Crippen LogP contribution >= 0.6 is 0 Å². The fraction of sp³-hybridized carbons (Fsp3) is 0.889. The maximum absolute atomic E-state index is 11.0. The Balaban J connectivity index is 2.29. The molecule has 0 aliphatic carbocycles. The minimum Gasteiger partial charge on any atom is -0.378 e. The molecule has 1 amide bonds. The topological polar surface area (TPSA) is 67.6 Å². The highest BCUT2D eigenvalue weighted by atomic mass is 16.5. The van der Waals surface area contributed by atoms with Gasteiger partial charge in [-0.15, -0.1) is 0 Å². The molecule has 0 spiro atoms. The largest absolute Gasteiger partial charge is 0.378 e. The van der Waals surface area contributed by atoms with Crippen molar-refractivity contribution in [2.24, 2.45) is 5.73 Å². The first-order chi connectivity index (χ1) is 6.77. The fourth-order valence-electron chi connectivity index (χ4n) is 1.57. The third-order valence-corrected chi connectivity index (χ3v) is 2.53. The number of morpholine rings is 1. The molecule has 14 heavy (non-hydrogen) atoms. The van der Waals surface area contributed by atoms with E-state index < -0.39 is 0 Å². The van der Waals surface area contributed by atoms with Crippen LogP contribution in [0.2, 0.25) is 0 Å². The molecule has 0 aromatic heterocycles. The van der Waals surface area contributed by atoms with Gasteiger partial charge in [0.25, 0.3) is 0 Å². The summed E-state index contributed by atoms with van der Waals surface area (Å²) in [6.45, 7) is 3.66. The third kappa shape index (κ3) is 3.25. The van der Waals surface area contributed by atoms with E-state index in [1.165, 1.54) is 0 Å². The van der Waals surface area contributed by atoms with Gasteiger partial charge in [0.1, 0.15) is 0 Å². The fourth-order valence-corrected chi connectivity index (χ4v) is 1.57. The van der Waals surface area contributed by atoms with Crippen LogP contribution in [0.5, 0.6) is 0 Å². The number of carbonyl (C=O) groups excluding carboxylic acids is 1. The van der Waals surface area contributed by atoms with E-state index in [0.29, 0.717) is 19.6 Å². The lowest BCUT2D eigenvalue weighted by Crippen LogP contribution is -2.50. The summed E-state index contributed by atoms with van der Waals surface area (Å²) in [4.78, 5) is 13.3. The normalized spacial score (nSPS) is 23.4. The molecule has 1 saturated heterocycles. The average Bonchev–Trinajstić information content (AvgIpc) is 2.26. The quantitative estimate of drug-likeness (QED) is 0.598. The molecular formula is C9H19N3O2. The van der Waals surface area contributed by atoms with Crippen molar-refractivity contribution in [3.63, 3.8) is 0 Å². The minimum atomic E-state index is 0.0762. The summed E-state index contributed by atoms with van der Waals surface area (Å²) in [5, 5.41) is 2.61. The molecule has 0 bridgehead atoms. The molecule has 0 aromatic rings. The lowest BCUT2D eigenvalue weighted by molar-refractivity contribution is -0.121. The molecular weight excluding hydrogens is 182 g/mol. The zero-order valence-electron chi connectivity index (χ0n) is 8.66. The summed E-state index contributed by atoms with van der Waals surface area (Å²) in [5.41, 5.74) is 5.61. The Bertz CT molecular complexity index is 187. The molecule has 1 atom stereocenters. The van der Waals surface area contributed by atoms with Crippen molar-refractivity contribution in [1.82, 2.24) is 10.2 Å². The second kappa shape index (κ2) is 5.95. The van der Waals surface area contributed by atoms with Crippen molar-refractivity contribution >= 4 is 5.91 Å². The number of amides is 1. The monoisotopic (exact) mass is 201 g/mol. The zero-order chi connectivity index (χ0) is 10.4. The summed E-state index contributed by atoms with van der Waals surface area (Å²) < 4.78 is 5.31. The highest BCUT2D eigenvalue weighted by Gasteiger charge is 2.21. The predicted molar refractivity (Wildman–Crippen MR) is 53.9 cm³/mol. The summed E-state index contributed by atoms with van der Waals surface area (Å²) in [6.07, 6.45) is 0.535. The van der Waals surface area contributed by atoms with Crippen LogP contribution in [0.1, 0.15) is 6.42 Å². The molecule has 1 aliphatic rings. The molecule has 3 N–H and O–H groups in total. The molecule has 1 heterocycles. The standard InChI is InChI=1S/C9H19N3O2/c1-11-9(13)2-3-12-4-5-14-7-8(12)6-10/h8H,2-7,10H2,1H3,(H,11,13). The lowest BCUT2D eigenvalue weighted by Gasteiger charge is -2.34. The van der Waals surface area contributed by atoms with Gasteiger partial charge in [0, 0.05) is 39.1 Å². The molecule has 1 aliphatic heterocycles. The van der Waals surface area contributed by atoms with Crippen LogP contribution in [0.4, 0.5) is 0 Å². The van der Waals surface area contributed by atoms with Gasteiger partial charge in [0.15, 0.2) is 0 Å². The smallest absolute Gasteiger partial charge is 0.221 e. The lowest BCUT2D eigenvalue weighted by atomic mass is 10.2. The van der Waals surface area contributed by atoms with Gasteiger partial charge in [-0.25, -0.2) is 0 Å². The van der Waals surface area contributed by atoms with Gasteiger partial charge in [-0.1, -0.05) is 0 Å². The first kappa shape index (κ1) is 11.4. The maximum atomic E-state index is 11.0. The van der Waals surface area contributed by atoms with E-state index in [1.807, 2.05) is 0 Å². The molecule has 82 valence electrons. The van der Waals surface area contributed by atoms with Crippen LogP contribution in [-0.4, -0.2) is 56.7 Å². The molecule has 5 heteroatoms. The van der Waals surface area contributed by atoms with Crippen LogP contribution in [-0.2, 0) is 9.53 Å². The van der Waals surface area contributed by atoms with Crippen LogP contribution in [0.3, 0.4) is 0 Å². The van der Waals surface area contributed by atoms with Gasteiger partial charge < -0.3 is 15.8 Å². The Kier molecular flexibility index (Phi) is 4.86. The van der Waals surface area contributed by atoms with Crippen LogP contribution in [0.25, 0.3) is 0 Å². The Morgan fingerprint density at radius 3 is 3.14 bits per heavy atom.